The third kappa shape index (κ3) is 2.95. The van der Waals surface area contributed by atoms with Crippen LogP contribution in [-0.2, 0) is 18.4 Å². The van der Waals surface area contributed by atoms with E-state index in [1.165, 1.54) is 11.3 Å². The van der Waals surface area contributed by atoms with Crippen LogP contribution in [0.4, 0.5) is 5.69 Å². The summed E-state index contributed by atoms with van der Waals surface area (Å²) in [6, 6.07) is 3.63. The second-order valence-corrected chi connectivity index (χ2v) is 5.97. The van der Waals surface area contributed by atoms with Crippen molar-refractivity contribution in [2.75, 3.05) is 5.32 Å². The largest absolute Gasteiger partial charge is 0.437 e. The molecule has 3 heterocycles. The second kappa shape index (κ2) is 5.84. The van der Waals surface area contributed by atoms with Crippen molar-refractivity contribution in [3.8, 4) is 10.8 Å². The fourth-order valence-corrected chi connectivity index (χ4v) is 2.82. The summed E-state index contributed by atoms with van der Waals surface area (Å²) in [7, 11) is 1.80. The first-order valence-electron chi connectivity index (χ1n) is 6.87. The Bertz CT molecular complexity index is 904. The Morgan fingerprint density at radius 1 is 1.39 bits per heavy atom. The van der Waals surface area contributed by atoms with Crippen molar-refractivity contribution in [1.29, 1.82) is 0 Å². The van der Waals surface area contributed by atoms with Gasteiger partial charge in [0, 0.05) is 7.05 Å². The number of rotatable bonds is 4. The molecule has 0 saturated carbocycles. The van der Waals surface area contributed by atoms with E-state index in [2.05, 4.69) is 15.5 Å². The smallest absolute Gasteiger partial charge is 0.387 e. The third-order valence-electron chi connectivity index (χ3n) is 3.41. The molecule has 1 amide bonds. The molecule has 0 aliphatic rings. The van der Waals surface area contributed by atoms with Crippen LogP contribution in [0.3, 0.4) is 0 Å². The van der Waals surface area contributed by atoms with Crippen molar-refractivity contribution in [2.24, 2.45) is 7.05 Å². The van der Waals surface area contributed by atoms with Crippen molar-refractivity contribution in [2.45, 2.75) is 20.4 Å². The van der Waals surface area contributed by atoms with Crippen LogP contribution in [0.15, 0.2) is 26.7 Å². The molecule has 0 atom stereocenters. The van der Waals surface area contributed by atoms with Gasteiger partial charge in [0.25, 0.3) is 5.89 Å². The van der Waals surface area contributed by atoms with Gasteiger partial charge in [-0.3, -0.25) is 9.48 Å². The van der Waals surface area contributed by atoms with Crippen LogP contribution in [0.5, 0.6) is 0 Å². The van der Waals surface area contributed by atoms with Gasteiger partial charge >= 0.3 is 5.76 Å². The van der Waals surface area contributed by atoms with Crippen LogP contribution in [0.2, 0.25) is 0 Å². The minimum Gasteiger partial charge on any atom is -0.387 e. The first-order chi connectivity index (χ1) is 11.0. The topological polar surface area (TPSA) is 95.0 Å². The van der Waals surface area contributed by atoms with Gasteiger partial charge in [-0.05, 0) is 25.3 Å². The number of carbonyl (C=O) groups is 1. The molecule has 0 aromatic carbocycles. The standard InChI is InChI=1S/C14H15N5O3S/c1-8-12(9(2)18(3)16-8)15-11(20)7-19-14(21)22-13(17-19)10-5-4-6-23-10/h4-6H,7H2,1-3H3,(H,15,20). The van der Waals surface area contributed by atoms with Crippen molar-refractivity contribution >= 4 is 22.9 Å². The highest BCUT2D eigenvalue weighted by Gasteiger charge is 2.16. The Morgan fingerprint density at radius 2 is 2.17 bits per heavy atom. The number of aromatic nitrogens is 4. The van der Waals surface area contributed by atoms with Gasteiger partial charge in [-0.1, -0.05) is 6.07 Å². The zero-order valence-electron chi connectivity index (χ0n) is 12.9. The van der Waals surface area contributed by atoms with E-state index in [4.69, 9.17) is 4.42 Å². The van der Waals surface area contributed by atoms with Crippen LogP contribution in [-0.4, -0.2) is 25.5 Å². The highest BCUT2D eigenvalue weighted by atomic mass is 32.1. The number of aryl methyl sites for hydroxylation is 2. The van der Waals surface area contributed by atoms with Crippen LogP contribution in [0.1, 0.15) is 11.4 Å². The molecule has 120 valence electrons. The maximum atomic E-state index is 12.2. The summed E-state index contributed by atoms with van der Waals surface area (Å²) in [6.45, 7) is 3.44. The van der Waals surface area contributed by atoms with E-state index in [9.17, 15) is 9.59 Å². The Kier molecular flexibility index (Phi) is 3.87. The van der Waals surface area contributed by atoms with Crippen molar-refractivity contribution in [3.05, 3.63) is 39.5 Å². The molecule has 0 unspecified atom stereocenters. The summed E-state index contributed by atoms with van der Waals surface area (Å²) < 4.78 is 7.76. The molecule has 8 nitrogen and oxygen atoms in total. The SMILES string of the molecule is Cc1nn(C)c(C)c1NC(=O)Cn1nc(-c2cccs2)oc1=O. The average Bonchev–Trinajstić information content (AvgIpc) is 3.18. The highest BCUT2D eigenvalue weighted by molar-refractivity contribution is 7.13. The highest BCUT2D eigenvalue weighted by Crippen LogP contribution is 2.21. The second-order valence-electron chi connectivity index (χ2n) is 5.03. The predicted molar refractivity (Wildman–Crippen MR) is 85.4 cm³/mol. The number of hydrogen-bond donors (Lipinski definition) is 1. The van der Waals surface area contributed by atoms with Crippen LogP contribution in [0.25, 0.3) is 10.8 Å². The summed E-state index contributed by atoms with van der Waals surface area (Å²) in [5.74, 6) is -0.813. The Balaban J connectivity index is 1.77. The molecule has 0 spiro atoms. The normalized spacial score (nSPS) is 10.9. The number of nitrogens with zero attached hydrogens (tertiary/aromatic N) is 4. The first-order valence-corrected chi connectivity index (χ1v) is 7.75. The molecule has 0 radical (unpaired) electrons. The number of anilines is 1. The van der Waals surface area contributed by atoms with E-state index in [1.807, 2.05) is 18.4 Å². The predicted octanol–water partition coefficient (Wildman–Crippen LogP) is 1.55. The van der Waals surface area contributed by atoms with E-state index in [1.54, 1.807) is 24.7 Å². The fraction of sp³-hybridized carbons (Fsp3) is 0.286. The number of nitrogens with one attached hydrogen (secondary N) is 1. The first kappa shape index (κ1) is 15.2. The van der Waals surface area contributed by atoms with Gasteiger partial charge in [-0.25, -0.2) is 4.79 Å². The quantitative estimate of drug-likeness (QED) is 0.782. The number of hydrogen-bond acceptors (Lipinski definition) is 6. The van der Waals surface area contributed by atoms with E-state index >= 15 is 0 Å². The van der Waals surface area contributed by atoms with E-state index in [0.717, 1.165) is 15.3 Å². The minimum atomic E-state index is -0.664. The van der Waals surface area contributed by atoms with Gasteiger partial charge in [0.1, 0.15) is 6.54 Å². The number of carbonyl (C=O) groups excluding carboxylic acids is 1. The van der Waals surface area contributed by atoms with Crippen molar-refractivity contribution in [1.82, 2.24) is 19.6 Å². The molecule has 3 aromatic heterocycles. The molecule has 0 bridgehead atoms. The maximum Gasteiger partial charge on any atom is 0.437 e. The molecule has 1 N–H and O–H groups in total. The average molecular weight is 333 g/mol. The van der Waals surface area contributed by atoms with Crippen LogP contribution in [0, 0.1) is 13.8 Å². The van der Waals surface area contributed by atoms with Crippen LogP contribution < -0.4 is 11.1 Å². The molecular weight excluding hydrogens is 318 g/mol. The Morgan fingerprint density at radius 3 is 2.78 bits per heavy atom. The molecule has 0 saturated heterocycles. The summed E-state index contributed by atoms with van der Waals surface area (Å²) >= 11 is 1.41. The van der Waals surface area contributed by atoms with Gasteiger partial charge in [0.05, 0.1) is 22.0 Å². The van der Waals surface area contributed by atoms with Gasteiger partial charge in [0.2, 0.25) is 5.91 Å². The summed E-state index contributed by atoms with van der Waals surface area (Å²) in [6.07, 6.45) is 0. The molecule has 3 rings (SSSR count). The van der Waals surface area contributed by atoms with Gasteiger partial charge in [-0.15, -0.1) is 16.4 Å². The molecule has 9 heteroatoms. The molecule has 0 aliphatic carbocycles. The molecule has 23 heavy (non-hydrogen) atoms. The summed E-state index contributed by atoms with van der Waals surface area (Å²) in [5, 5.41) is 12.9. The monoisotopic (exact) mass is 333 g/mol. The Labute approximate surface area is 135 Å². The van der Waals surface area contributed by atoms with Crippen molar-refractivity contribution in [3.63, 3.8) is 0 Å². The zero-order valence-corrected chi connectivity index (χ0v) is 13.7. The number of thiophene rings is 1. The van der Waals surface area contributed by atoms with Gasteiger partial charge in [0.15, 0.2) is 0 Å². The number of amides is 1. The maximum absolute atomic E-state index is 12.2. The summed E-state index contributed by atoms with van der Waals surface area (Å²) in [4.78, 5) is 24.7. The lowest BCUT2D eigenvalue weighted by Gasteiger charge is -2.04. The fourth-order valence-electron chi connectivity index (χ4n) is 2.18. The lowest BCUT2D eigenvalue weighted by molar-refractivity contribution is -0.117. The molecule has 3 aromatic rings. The molecule has 0 aliphatic heterocycles. The van der Waals surface area contributed by atoms with Crippen molar-refractivity contribution < 1.29 is 9.21 Å². The van der Waals surface area contributed by atoms with E-state index in [-0.39, 0.29) is 18.3 Å². The Hall–Kier alpha value is -2.68. The van der Waals surface area contributed by atoms with E-state index in [0.29, 0.717) is 11.4 Å². The third-order valence-corrected chi connectivity index (χ3v) is 4.26. The van der Waals surface area contributed by atoms with Gasteiger partial charge in [-0.2, -0.15) is 9.78 Å². The summed E-state index contributed by atoms with van der Waals surface area (Å²) in [5.41, 5.74) is 2.19. The van der Waals surface area contributed by atoms with Gasteiger partial charge < -0.3 is 9.73 Å². The van der Waals surface area contributed by atoms with E-state index < -0.39 is 5.76 Å². The molecule has 0 fully saturated rings. The lowest BCUT2D eigenvalue weighted by atomic mass is 10.3. The van der Waals surface area contributed by atoms with Crippen LogP contribution >= 0.6 is 11.3 Å². The zero-order chi connectivity index (χ0) is 16.6. The molecular formula is C14H15N5O3S. The minimum absolute atomic E-state index is 0.214. The lowest BCUT2D eigenvalue weighted by Crippen LogP contribution is -2.26.